The van der Waals surface area contributed by atoms with Gasteiger partial charge in [-0.2, -0.15) is 0 Å². The summed E-state index contributed by atoms with van der Waals surface area (Å²) < 4.78 is 13.1. The molecule has 1 aromatic rings. The topological polar surface area (TPSA) is 26.0 Å². The largest absolute Gasteiger partial charge is 0.330 e. The molecule has 1 aromatic carbocycles. The van der Waals surface area contributed by atoms with Gasteiger partial charge in [0.05, 0.1) is 0 Å². The van der Waals surface area contributed by atoms with Gasteiger partial charge >= 0.3 is 0 Å². The molecule has 0 aliphatic heterocycles. The Kier molecular flexibility index (Phi) is 4.34. The van der Waals surface area contributed by atoms with Gasteiger partial charge in [-0.3, -0.25) is 0 Å². The van der Waals surface area contributed by atoms with E-state index in [2.05, 4.69) is 20.8 Å². The second-order valence-electron chi connectivity index (χ2n) is 5.24. The summed E-state index contributed by atoms with van der Waals surface area (Å²) in [5, 5.41) is 0.615. The molecule has 0 bridgehead atoms. The molecule has 0 radical (unpaired) electrons. The fourth-order valence-electron chi connectivity index (χ4n) is 1.71. The van der Waals surface area contributed by atoms with Crippen molar-refractivity contribution in [2.45, 2.75) is 27.2 Å². The van der Waals surface area contributed by atoms with Crippen LogP contribution in [-0.2, 0) is 6.42 Å². The summed E-state index contributed by atoms with van der Waals surface area (Å²) in [6.45, 7) is 6.99. The van der Waals surface area contributed by atoms with Gasteiger partial charge in [0.15, 0.2) is 0 Å². The van der Waals surface area contributed by atoms with Crippen molar-refractivity contribution in [3.63, 3.8) is 0 Å². The Balaban J connectivity index is 2.90. The minimum atomic E-state index is -0.246. The van der Waals surface area contributed by atoms with Gasteiger partial charge in [-0.05, 0) is 48.1 Å². The van der Waals surface area contributed by atoms with Crippen molar-refractivity contribution in [2.75, 3.05) is 6.54 Å². The molecule has 0 saturated heterocycles. The highest BCUT2D eigenvalue weighted by atomic mass is 35.5. The van der Waals surface area contributed by atoms with Gasteiger partial charge in [-0.1, -0.05) is 32.4 Å². The summed E-state index contributed by atoms with van der Waals surface area (Å²) in [5.41, 5.74) is 6.70. The van der Waals surface area contributed by atoms with Crippen molar-refractivity contribution in [3.05, 3.63) is 34.6 Å². The highest BCUT2D eigenvalue weighted by Gasteiger charge is 2.24. The van der Waals surface area contributed by atoms with E-state index in [0.29, 0.717) is 17.5 Å². The maximum atomic E-state index is 13.1. The van der Waals surface area contributed by atoms with Crippen LogP contribution in [0.15, 0.2) is 18.2 Å². The van der Waals surface area contributed by atoms with Crippen LogP contribution >= 0.6 is 11.6 Å². The highest BCUT2D eigenvalue weighted by Crippen LogP contribution is 2.30. The van der Waals surface area contributed by atoms with Crippen LogP contribution in [0.1, 0.15) is 26.3 Å². The van der Waals surface area contributed by atoms with Crippen LogP contribution in [0.3, 0.4) is 0 Å². The van der Waals surface area contributed by atoms with Crippen LogP contribution in [0, 0.1) is 17.2 Å². The van der Waals surface area contributed by atoms with Gasteiger partial charge in [0, 0.05) is 5.02 Å². The predicted octanol–water partition coefficient (Wildman–Crippen LogP) is 3.64. The van der Waals surface area contributed by atoms with Crippen molar-refractivity contribution in [1.82, 2.24) is 0 Å². The maximum absolute atomic E-state index is 13.1. The summed E-state index contributed by atoms with van der Waals surface area (Å²) >= 11 is 6.04. The van der Waals surface area contributed by atoms with Crippen LogP contribution in [0.4, 0.5) is 4.39 Å². The zero-order valence-electron chi connectivity index (χ0n) is 10.1. The highest BCUT2D eigenvalue weighted by molar-refractivity contribution is 6.31. The normalized spacial score (nSPS) is 13.9. The molecule has 0 fully saturated rings. The monoisotopic (exact) mass is 243 g/mol. The lowest BCUT2D eigenvalue weighted by molar-refractivity contribution is 0.245. The molecule has 0 aliphatic carbocycles. The first kappa shape index (κ1) is 13.5. The first-order valence-corrected chi connectivity index (χ1v) is 5.86. The van der Waals surface area contributed by atoms with Gasteiger partial charge in [-0.25, -0.2) is 4.39 Å². The number of rotatable bonds is 3. The minimum Gasteiger partial charge on any atom is -0.330 e. The summed E-state index contributed by atoms with van der Waals surface area (Å²) in [6, 6.07) is 4.47. The minimum absolute atomic E-state index is 0.102. The Labute approximate surface area is 102 Å². The van der Waals surface area contributed by atoms with E-state index in [1.165, 1.54) is 12.1 Å². The molecule has 0 saturated carbocycles. The molecular formula is C13H19ClFN. The van der Waals surface area contributed by atoms with Gasteiger partial charge in [-0.15, -0.1) is 0 Å². The molecule has 0 spiro atoms. The molecule has 0 heterocycles. The first-order chi connectivity index (χ1) is 7.34. The summed E-state index contributed by atoms with van der Waals surface area (Å²) in [6.07, 6.45) is 0.719. The molecule has 2 N–H and O–H groups in total. The Bertz CT molecular complexity index is 357. The molecule has 1 rings (SSSR count). The van der Waals surface area contributed by atoms with Gasteiger partial charge in [0.25, 0.3) is 0 Å². The Morgan fingerprint density at radius 1 is 1.38 bits per heavy atom. The molecule has 1 nitrogen and oxygen atoms in total. The van der Waals surface area contributed by atoms with Crippen LogP contribution in [0.5, 0.6) is 0 Å². The molecule has 1 atom stereocenters. The average Bonchev–Trinajstić information content (AvgIpc) is 2.17. The van der Waals surface area contributed by atoms with E-state index in [9.17, 15) is 4.39 Å². The maximum Gasteiger partial charge on any atom is 0.123 e. The molecular weight excluding hydrogens is 225 g/mol. The number of benzene rings is 1. The van der Waals surface area contributed by atoms with E-state index in [-0.39, 0.29) is 11.2 Å². The van der Waals surface area contributed by atoms with Crippen molar-refractivity contribution in [1.29, 1.82) is 0 Å². The van der Waals surface area contributed by atoms with Crippen LogP contribution < -0.4 is 5.73 Å². The smallest absolute Gasteiger partial charge is 0.123 e. The van der Waals surface area contributed by atoms with Crippen molar-refractivity contribution in [2.24, 2.45) is 17.1 Å². The van der Waals surface area contributed by atoms with Crippen molar-refractivity contribution < 1.29 is 4.39 Å². The van der Waals surface area contributed by atoms with E-state index in [0.717, 1.165) is 12.0 Å². The van der Waals surface area contributed by atoms with E-state index >= 15 is 0 Å². The lowest BCUT2D eigenvalue weighted by Gasteiger charge is -2.30. The predicted molar refractivity (Wildman–Crippen MR) is 67.1 cm³/mol. The van der Waals surface area contributed by atoms with Gasteiger partial charge in [0.2, 0.25) is 0 Å². The van der Waals surface area contributed by atoms with Crippen LogP contribution in [0.25, 0.3) is 0 Å². The Morgan fingerprint density at radius 3 is 2.50 bits per heavy atom. The lowest BCUT2D eigenvalue weighted by Crippen LogP contribution is -2.30. The summed E-state index contributed by atoms with van der Waals surface area (Å²) in [7, 11) is 0. The SMILES string of the molecule is CC(C)(C)C(CN)Cc1cc(F)ccc1Cl. The van der Waals surface area contributed by atoms with E-state index in [1.807, 2.05) is 0 Å². The molecule has 0 aromatic heterocycles. The van der Waals surface area contributed by atoms with Crippen LogP contribution in [0.2, 0.25) is 5.02 Å². The summed E-state index contributed by atoms with van der Waals surface area (Å²) in [4.78, 5) is 0. The Hall–Kier alpha value is -0.600. The number of halogens is 2. The zero-order chi connectivity index (χ0) is 12.3. The lowest BCUT2D eigenvalue weighted by atomic mass is 9.77. The Morgan fingerprint density at radius 2 is 2.00 bits per heavy atom. The first-order valence-electron chi connectivity index (χ1n) is 5.48. The second-order valence-corrected chi connectivity index (χ2v) is 5.65. The quantitative estimate of drug-likeness (QED) is 0.862. The number of nitrogens with two attached hydrogens (primary N) is 1. The van der Waals surface area contributed by atoms with E-state index in [1.54, 1.807) is 6.07 Å². The zero-order valence-corrected chi connectivity index (χ0v) is 10.8. The third-order valence-corrected chi connectivity index (χ3v) is 3.35. The fraction of sp³-hybridized carbons (Fsp3) is 0.538. The average molecular weight is 244 g/mol. The van der Waals surface area contributed by atoms with E-state index < -0.39 is 0 Å². The van der Waals surface area contributed by atoms with Gasteiger partial charge < -0.3 is 5.73 Å². The molecule has 0 amide bonds. The number of hydrogen-bond donors (Lipinski definition) is 1. The third-order valence-electron chi connectivity index (χ3n) is 2.98. The van der Waals surface area contributed by atoms with Gasteiger partial charge in [0.1, 0.15) is 5.82 Å². The van der Waals surface area contributed by atoms with Crippen LogP contribution in [-0.4, -0.2) is 6.54 Å². The standard InChI is InChI=1S/C13H19ClFN/c1-13(2,3)10(8-16)6-9-7-11(15)4-5-12(9)14/h4-5,7,10H,6,8,16H2,1-3H3. The van der Waals surface area contributed by atoms with Crippen molar-refractivity contribution >= 4 is 11.6 Å². The van der Waals surface area contributed by atoms with E-state index in [4.69, 9.17) is 17.3 Å². The third kappa shape index (κ3) is 3.46. The molecule has 1 unspecified atom stereocenters. The molecule has 0 aliphatic rings. The number of hydrogen-bond acceptors (Lipinski definition) is 1. The second kappa shape index (κ2) is 5.15. The summed E-state index contributed by atoms with van der Waals surface area (Å²) in [5.74, 6) is 0.0517. The fourth-order valence-corrected chi connectivity index (χ4v) is 1.90. The molecule has 3 heteroatoms. The molecule has 16 heavy (non-hydrogen) atoms. The van der Waals surface area contributed by atoms with Crippen molar-refractivity contribution in [3.8, 4) is 0 Å². The molecule has 90 valence electrons.